The van der Waals surface area contributed by atoms with Crippen molar-refractivity contribution >= 4 is 21.9 Å². The molecule has 9 aromatic carbocycles. The van der Waals surface area contributed by atoms with Crippen LogP contribution < -0.4 is 0 Å². The summed E-state index contributed by atoms with van der Waals surface area (Å²) in [5, 5.41) is 2.20. The highest BCUT2D eigenvalue weighted by Crippen LogP contribution is 2.40. The van der Waals surface area contributed by atoms with E-state index < -0.39 is 0 Å². The van der Waals surface area contributed by atoms with Crippen molar-refractivity contribution in [3.63, 3.8) is 0 Å². The van der Waals surface area contributed by atoms with Crippen LogP contribution in [0.4, 0.5) is 0 Å². The molecule has 0 bridgehead atoms. The summed E-state index contributed by atoms with van der Waals surface area (Å²) in [6, 6.07) is 81.3. The molecule has 61 heavy (non-hydrogen) atoms. The van der Waals surface area contributed by atoms with Crippen LogP contribution in [0.3, 0.4) is 0 Å². The molecule has 0 aliphatic carbocycles. The third-order valence-corrected chi connectivity index (χ3v) is 11.5. The lowest BCUT2D eigenvalue weighted by atomic mass is 9.90. The van der Waals surface area contributed by atoms with Gasteiger partial charge in [-0.2, -0.15) is 0 Å². The van der Waals surface area contributed by atoms with Gasteiger partial charge in [0.25, 0.3) is 0 Å². The molecule has 2 heterocycles. The van der Waals surface area contributed by atoms with Crippen LogP contribution in [-0.4, -0.2) is 9.97 Å². The first-order chi connectivity index (χ1) is 30.2. The summed E-state index contributed by atoms with van der Waals surface area (Å²) >= 11 is 0. The van der Waals surface area contributed by atoms with Crippen LogP contribution in [0.1, 0.15) is 0 Å². The van der Waals surface area contributed by atoms with Gasteiger partial charge in [0.15, 0.2) is 5.82 Å². The van der Waals surface area contributed by atoms with Crippen LogP contribution in [0, 0.1) is 0 Å². The Bertz CT molecular complexity index is 3350. The molecule has 2 aromatic heterocycles. The van der Waals surface area contributed by atoms with E-state index in [1.165, 1.54) is 22.3 Å². The second-order valence-electron chi connectivity index (χ2n) is 15.4. The summed E-state index contributed by atoms with van der Waals surface area (Å²) in [7, 11) is 0. The van der Waals surface area contributed by atoms with Crippen molar-refractivity contribution in [2.75, 3.05) is 0 Å². The minimum atomic E-state index is 0.674. The highest BCUT2D eigenvalue weighted by atomic mass is 16.3. The van der Waals surface area contributed by atoms with Gasteiger partial charge in [-0.15, -0.1) is 0 Å². The van der Waals surface area contributed by atoms with E-state index in [0.717, 1.165) is 83.4 Å². The Morgan fingerprint density at radius 2 is 0.705 bits per heavy atom. The van der Waals surface area contributed by atoms with E-state index in [4.69, 9.17) is 14.4 Å². The number of para-hydroxylation sites is 1. The zero-order chi connectivity index (χ0) is 40.5. The lowest BCUT2D eigenvalue weighted by molar-refractivity contribution is 0.669. The van der Waals surface area contributed by atoms with Crippen molar-refractivity contribution in [3.05, 3.63) is 231 Å². The summed E-state index contributed by atoms with van der Waals surface area (Å²) in [6.07, 6.45) is 0. The van der Waals surface area contributed by atoms with E-state index in [1.54, 1.807) is 0 Å². The van der Waals surface area contributed by atoms with Crippen molar-refractivity contribution in [1.29, 1.82) is 0 Å². The molecule has 11 aromatic rings. The minimum absolute atomic E-state index is 0.674. The van der Waals surface area contributed by atoms with Gasteiger partial charge in [0.1, 0.15) is 11.2 Å². The zero-order valence-corrected chi connectivity index (χ0v) is 33.2. The second kappa shape index (κ2) is 15.6. The van der Waals surface area contributed by atoms with Gasteiger partial charge >= 0.3 is 0 Å². The average molecular weight is 779 g/mol. The molecule has 286 valence electrons. The van der Waals surface area contributed by atoms with Gasteiger partial charge in [0, 0.05) is 27.5 Å². The molecule has 3 heteroatoms. The molecular weight excluding hydrogens is 741 g/mol. The Kier molecular flexibility index (Phi) is 9.18. The van der Waals surface area contributed by atoms with E-state index in [0.29, 0.717) is 5.82 Å². The predicted octanol–water partition coefficient (Wildman–Crippen LogP) is 15.7. The topological polar surface area (TPSA) is 38.9 Å². The van der Waals surface area contributed by atoms with Gasteiger partial charge in [-0.05, 0) is 110 Å². The van der Waals surface area contributed by atoms with Gasteiger partial charge in [-0.1, -0.05) is 176 Å². The zero-order valence-electron chi connectivity index (χ0n) is 33.2. The molecule has 0 radical (unpaired) electrons. The minimum Gasteiger partial charge on any atom is -0.456 e. The van der Waals surface area contributed by atoms with Crippen LogP contribution in [-0.2, 0) is 0 Å². The van der Waals surface area contributed by atoms with Gasteiger partial charge in [0.05, 0.1) is 11.4 Å². The smallest absolute Gasteiger partial charge is 0.160 e. The van der Waals surface area contributed by atoms with Crippen molar-refractivity contribution in [1.82, 2.24) is 9.97 Å². The van der Waals surface area contributed by atoms with Crippen molar-refractivity contribution < 1.29 is 4.42 Å². The van der Waals surface area contributed by atoms with Crippen LogP contribution >= 0.6 is 0 Å². The lowest BCUT2D eigenvalue weighted by Crippen LogP contribution is -1.97. The van der Waals surface area contributed by atoms with Crippen LogP contribution in [0.5, 0.6) is 0 Å². The first-order valence-electron chi connectivity index (χ1n) is 20.6. The number of benzene rings is 9. The van der Waals surface area contributed by atoms with Gasteiger partial charge in [0.2, 0.25) is 0 Å². The summed E-state index contributed by atoms with van der Waals surface area (Å²) < 4.78 is 6.25. The van der Waals surface area contributed by atoms with Gasteiger partial charge in [-0.3, -0.25) is 0 Å². The molecule has 0 N–H and O–H groups in total. The highest BCUT2D eigenvalue weighted by Gasteiger charge is 2.17. The molecule has 0 saturated carbocycles. The van der Waals surface area contributed by atoms with Gasteiger partial charge < -0.3 is 4.42 Å². The standard InChI is InChI=1S/C58H38N2O/c1-4-16-39(17-5-1)42-22-14-23-43(32-42)44-24-15-25-46(33-44)54-38-55(60-58(59-54)41-20-8-3-9-21-41)49-35-47(45-30-31-57-53(37-45)52-28-12-13-29-56(52)61-57)34-48(36-49)51-27-11-10-26-50(51)40-18-6-2-7-19-40/h1-38H. The van der Waals surface area contributed by atoms with Crippen LogP contribution in [0.2, 0.25) is 0 Å². The average Bonchev–Trinajstić information content (AvgIpc) is 3.73. The van der Waals surface area contributed by atoms with E-state index in [9.17, 15) is 0 Å². The van der Waals surface area contributed by atoms with E-state index in [2.05, 4.69) is 200 Å². The summed E-state index contributed by atoms with van der Waals surface area (Å²) in [6.45, 7) is 0. The Hall–Kier alpha value is -8.14. The Morgan fingerprint density at radius 3 is 1.43 bits per heavy atom. The molecule has 3 nitrogen and oxygen atoms in total. The fourth-order valence-electron chi connectivity index (χ4n) is 8.43. The van der Waals surface area contributed by atoms with E-state index >= 15 is 0 Å². The molecule has 0 aliphatic heterocycles. The maximum atomic E-state index is 6.25. The molecule has 11 rings (SSSR count). The van der Waals surface area contributed by atoms with Crippen molar-refractivity contribution in [2.45, 2.75) is 0 Å². The monoisotopic (exact) mass is 778 g/mol. The summed E-state index contributed by atoms with van der Waals surface area (Å²) in [5.41, 5.74) is 17.9. The number of fused-ring (bicyclic) bond motifs is 3. The third kappa shape index (κ3) is 7.09. The number of furan rings is 1. The van der Waals surface area contributed by atoms with Crippen LogP contribution in [0.15, 0.2) is 235 Å². The van der Waals surface area contributed by atoms with Crippen molar-refractivity contribution in [3.8, 4) is 89.5 Å². The third-order valence-electron chi connectivity index (χ3n) is 11.5. The molecule has 0 saturated heterocycles. The Labute approximate surface area is 354 Å². The maximum Gasteiger partial charge on any atom is 0.160 e. The largest absolute Gasteiger partial charge is 0.456 e. The second-order valence-corrected chi connectivity index (χ2v) is 15.4. The fraction of sp³-hybridized carbons (Fsp3) is 0. The molecule has 0 atom stereocenters. The SMILES string of the molecule is c1ccc(-c2cccc(-c3cccc(-c4cc(-c5cc(-c6ccc7oc8ccccc8c7c6)cc(-c6ccccc6-c6ccccc6)c5)nc(-c5ccccc5)n4)c3)c2)cc1. The van der Waals surface area contributed by atoms with E-state index in [1.807, 2.05) is 30.3 Å². The molecule has 0 spiro atoms. The fourth-order valence-corrected chi connectivity index (χ4v) is 8.43. The quantitative estimate of drug-likeness (QED) is 0.154. The Morgan fingerprint density at radius 1 is 0.246 bits per heavy atom. The first-order valence-corrected chi connectivity index (χ1v) is 20.6. The Balaban J connectivity index is 1.10. The molecule has 0 fully saturated rings. The molecular formula is C58H38N2O. The normalized spacial score (nSPS) is 11.3. The highest BCUT2D eigenvalue weighted by molar-refractivity contribution is 6.06. The van der Waals surface area contributed by atoms with Crippen molar-refractivity contribution in [2.24, 2.45) is 0 Å². The first kappa shape index (κ1) is 36.0. The molecule has 0 unspecified atom stereocenters. The maximum absolute atomic E-state index is 6.25. The number of hydrogen-bond acceptors (Lipinski definition) is 3. The lowest BCUT2D eigenvalue weighted by Gasteiger charge is -2.15. The summed E-state index contributed by atoms with van der Waals surface area (Å²) in [5.74, 6) is 0.674. The number of hydrogen-bond donors (Lipinski definition) is 0. The van der Waals surface area contributed by atoms with E-state index in [-0.39, 0.29) is 0 Å². The van der Waals surface area contributed by atoms with Crippen LogP contribution in [0.25, 0.3) is 111 Å². The van der Waals surface area contributed by atoms with Gasteiger partial charge in [-0.25, -0.2) is 9.97 Å². The number of nitrogens with zero attached hydrogens (tertiary/aromatic N) is 2. The molecule has 0 aliphatic rings. The predicted molar refractivity (Wildman–Crippen MR) is 253 cm³/mol. The summed E-state index contributed by atoms with van der Waals surface area (Å²) in [4.78, 5) is 10.6. The molecule has 0 amide bonds. The number of rotatable bonds is 8. The number of aromatic nitrogens is 2.